The molecule has 2 N–H and O–H groups in total. The number of aromatic amines is 1. The molecule has 3 heterocycles. The minimum atomic E-state index is 0.0558. The second kappa shape index (κ2) is 6.42. The average Bonchev–Trinajstić information content (AvgIpc) is 3.16. The van der Waals surface area contributed by atoms with Gasteiger partial charge in [-0.3, -0.25) is 15.1 Å². The van der Waals surface area contributed by atoms with Gasteiger partial charge in [-0.2, -0.15) is 5.10 Å². The summed E-state index contributed by atoms with van der Waals surface area (Å²) in [5, 5.41) is 20.3. The molecule has 0 atom stereocenters. The average molecular weight is 357 g/mol. The zero-order valence-corrected chi connectivity index (χ0v) is 14.8. The van der Waals surface area contributed by atoms with Gasteiger partial charge in [0.05, 0.1) is 23.1 Å². The lowest BCUT2D eigenvalue weighted by molar-refractivity contribution is 0.252. The predicted octanol–water partition coefficient (Wildman–Crippen LogP) is 3.34. The highest BCUT2D eigenvalue weighted by atomic mass is 15.2. The van der Waals surface area contributed by atoms with Gasteiger partial charge in [-0.25, -0.2) is 0 Å². The van der Waals surface area contributed by atoms with Crippen molar-refractivity contribution in [2.45, 2.75) is 24.7 Å². The van der Waals surface area contributed by atoms with Gasteiger partial charge in [0, 0.05) is 41.5 Å². The summed E-state index contributed by atoms with van der Waals surface area (Å²) >= 11 is 0. The molecule has 0 unspecified atom stereocenters. The Labute approximate surface area is 156 Å². The SMILES string of the molecule is c1cnc(C2(CNc3ccc(-c4ccc5cn[nH]c5c4)nn3)CCC2)cn1. The Bertz CT molecular complexity index is 1050. The molecule has 1 aromatic carbocycles. The Kier molecular flexibility index (Phi) is 3.78. The Balaban J connectivity index is 1.32. The lowest BCUT2D eigenvalue weighted by atomic mass is 9.66. The molecule has 3 aromatic heterocycles. The molecule has 0 amide bonds. The summed E-state index contributed by atoms with van der Waals surface area (Å²) in [5.41, 5.74) is 3.96. The quantitative estimate of drug-likeness (QED) is 0.569. The first-order chi connectivity index (χ1) is 13.3. The molecule has 0 radical (unpaired) electrons. The summed E-state index contributed by atoms with van der Waals surface area (Å²) in [6, 6.07) is 10.1. The largest absolute Gasteiger partial charge is 0.368 e. The van der Waals surface area contributed by atoms with Crippen LogP contribution < -0.4 is 5.32 Å². The molecule has 0 spiro atoms. The fraction of sp³-hybridized carbons (Fsp3) is 0.250. The van der Waals surface area contributed by atoms with Crippen LogP contribution in [0.3, 0.4) is 0 Å². The summed E-state index contributed by atoms with van der Waals surface area (Å²) in [5.74, 6) is 0.775. The Morgan fingerprint density at radius 3 is 2.74 bits per heavy atom. The van der Waals surface area contributed by atoms with Crippen LogP contribution in [0.2, 0.25) is 0 Å². The van der Waals surface area contributed by atoms with E-state index in [4.69, 9.17) is 0 Å². The van der Waals surface area contributed by atoms with Crippen molar-refractivity contribution in [3.63, 3.8) is 0 Å². The molecule has 0 bridgehead atoms. The second-order valence-corrected chi connectivity index (χ2v) is 7.05. The molecule has 7 nitrogen and oxygen atoms in total. The highest BCUT2D eigenvalue weighted by Gasteiger charge is 2.40. The predicted molar refractivity (Wildman–Crippen MR) is 103 cm³/mol. The van der Waals surface area contributed by atoms with Crippen molar-refractivity contribution in [1.82, 2.24) is 30.4 Å². The Morgan fingerprint density at radius 1 is 1.04 bits per heavy atom. The van der Waals surface area contributed by atoms with Crippen molar-refractivity contribution in [3.05, 3.63) is 60.8 Å². The molecule has 27 heavy (non-hydrogen) atoms. The van der Waals surface area contributed by atoms with E-state index in [2.05, 4.69) is 35.7 Å². The molecule has 134 valence electrons. The van der Waals surface area contributed by atoms with Gasteiger partial charge >= 0.3 is 0 Å². The van der Waals surface area contributed by atoms with Crippen LogP contribution >= 0.6 is 0 Å². The minimum Gasteiger partial charge on any atom is -0.368 e. The number of fused-ring (bicyclic) bond motifs is 1. The van der Waals surface area contributed by atoms with E-state index < -0.39 is 0 Å². The number of aromatic nitrogens is 6. The summed E-state index contributed by atoms with van der Waals surface area (Å²) in [6.07, 6.45) is 10.6. The van der Waals surface area contributed by atoms with Gasteiger partial charge in [-0.1, -0.05) is 18.6 Å². The molecule has 1 saturated carbocycles. The highest BCUT2D eigenvalue weighted by Crippen LogP contribution is 2.42. The van der Waals surface area contributed by atoms with Crippen LogP contribution in [0, 0.1) is 0 Å². The van der Waals surface area contributed by atoms with Crippen LogP contribution in [0.15, 0.2) is 55.1 Å². The van der Waals surface area contributed by atoms with Crippen molar-refractivity contribution in [3.8, 4) is 11.3 Å². The molecule has 5 rings (SSSR count). The molecule has 7 heteroatoms. The van der Waals surface area contributed by atoms with E-state index >= 15 is 0 Å². The fourth-order valence-electron chi connectivity index (χ4n) is 3.64. The number of hydrogen-bond donors (Lipinski definition) is 2. The molecule has 1 aliphatic rings. The van der Waals surface area contributed by atoms with Crippen LogP contribution in [0.4, 0.5) is 5.82 Å². The molecular formula is C20H19N7. The van der Waals surface area contributed by atoms with Crippen molar-refractivity contribution in [2.75, 3.05) is 11.9 Å². The summed E-state index contributed by atoms with van der Waals surface area (Å²) < 4.78 is 0. The van der Waals surface area contributed by atoms with Gasteiger partial charge in [0.15, 0.2) is 0 Å². The lowest BCUT2D eigenvalue weighted by Gasteiger charge is -2.41. The van der Waals surface area contributed by atoms with E-state index in [1.165, 1.54) is 6.42 Å². The summed E-state index contributed by atoms with van der Waals surface area (Å²) in [7, 11) is 0. The smallest absolute Gasteiger partial charge is 0.148 e. The van der Waals surface area contributed by atoms with Gasteiger partial charge in [0.1, 0.15) is 5.82 Å². The fourth-order valence-corrected chi connectivity index (χ4v) is 3.64. The monoisotopic (exact) mass is 357 g/mol. The van der Waals surface area contributed by atoms with Gasteiger partial charge in [-0.05, 0) is 31.0 Å². The Hall–Kier alpha value is -3.35. The third kappa shape index (κ3) is 2.91. The number of rotatable bonds is 5. The van der Waals surface area contributed by atoms with E-state index in [1.807, 2.05) is 42.7 Å². The molecule has 0 saturated heterocycles. The van der Waals surface area contributed by atoms with Crippen LogP contribution in [-0.4, -0.2) is 36.9 Å². The lowest BCUT2D eigenvalue weighted by Crippen LogP contribution is -2.41. The Morgan fingerprint density at radius 2 is 2.00 bits per heavy atom. The van der Waals surface area contributed by atoms with Crippen LogP contribution in [0.5, 0.6) is 0 Å². The van der Waals surface area contributed by atoms with Crippen LogP contribution in [0.25, 0.3) is 22.2 Å². The summed E-state index contributed by atoms with van der Waals surface area (Å²) in [4.78, 5) is 8.74. The first-order valence-corrected chi connectivity index (χ1v) is 9.10. The van der Waals surface area contributed by atoms with Crippen molar-refractivity contribution >= 4 is 16.7 Å². The third-order valence-electron chi connectivity index (χ3n) is 5.43. The van der Waals surface area contributed by atoms with E-state index in [9.17, 15) is 0 Å². The van der Waals surface area contributed by atoms with Crippen molar-refractivity contribution in [2.24, 2.45) is 0 Å². The highest BCUT2D eigenvalue weighted by molar-refractivity contribution is 5.83. The molecular weight excluding hydrogens is 338 g/mol. The number of anilines is 1. The number of nitrogens with one attached hydrogen (secondary N) is 2. The molecule has 0 aliphatic heterocycles. The molecule has 1 aliphatic carbocycles. The first-order valence-electron chi connectivity index (χ1n) is 9.10. The maximum Gasteiger partial charge on any atom is 0.148 e. The van der Waals surface area contributed by atoms with Gasteiger partial charge in [0.25, 0.3) is 0 Å². The zero-order chi connectivity index (χ0) is 18.1. The van der Waals surface area contributed by atoms with Gasteiger partial charge < -0.3 is 5.32 Å². The standard InChI is InChI=1S/C20H19N7/c1-6-20(7-1,18-12-21-8-9-22-18)13-23-19-5-4-16(26-27-19)14-2-3-15-11-24-25-17(15)10-14/h2-5,8-12H,1,6-7,13H2,(H,23,27)(H,24,25). The maximum absolute atomic E-state index is 4.51. The van der Waals surface area contributed by atoms with Gasteiger partial charge in [-0.15, -0.1) is 10.2 Å². The minimum absolute atomic E-state index is 0.0558. The maximum atomic E-state index is 4.51. The van der Waals surface area contributed by atoms with Crippen LogP contribution in [0.1, 0.15) is 25.0 Å². The van der Waals surface area contributed by atoms with Crippen molar-refractivity contribution < 1.29 is 0 Å². The number of hydrogen-bond acceptors (Lipinski definition) is 6. The third-order valence-corrected chi connectivity index (χ3v) is 5.43. The van der Waals surface area contributed by atoms with E-state index in [1.54, 1.807) is 12.4 Å². The summed E-state index contributed by atoms with van der Waals surface area (Å²) in [6.45, 7) is 0.791. The first kappa shape index (κ1) is 15.9. The number of H-pyrrole nitrogens is 1. The topological polar surface area (TPSA) is 92.3 Å². The normalized spacial score (nSPS) is 15.4. The van der Waals surface area contributed by atoms with Gasteiger partial charge in [0.2, 0.25) is 0 Å². The molecule has 1 fully saturated rings. The second-order valence-electron chi connectivity index (χ2n) is 7.05. The van der Waals surface area contributed by atoms with Crippen molar-refractivity contribution in [1.29, 1.82) is 0 Å². The van der Waals surface area contributed by atoms with E-state index in [-0.39, 0.29) is 5.41 Å². The van der Waals surface area contributed by atoms with E-state index in [0.29, 0.717) is 0 Å². The number of nitrogens with zero attached hydrogens (tertiary/aromatic N) is 5. The zero-order valence-electron chi connectivity index (χ0n) is 14.8. The number of benzene rings is 1. The van der Waals surface area contributed by atoms with E-state index in [0.717, 1.165) is 53.1 Å². The van der Waals surface area contributed by atoms with Crippen LogP contribution in [-0.2, 0) is 5.41 Å². The molecule has 4 aromatic rings.